The van der Waals surface area contributed by atoms with Crippen molar-refractivity contribution in [2.75, 3.05) is 23.3 Å². The smallest absolute Gasteiger partial charge is 0.324 e. The Morgan fingerprint density at radius 2 is 1.88 bits per heavy atom. The lowest BCUT2D eigenvalue weighted by Gasteiger charge is -2.17. The molecular weight excluding hydrogens is 325 g/mol. The molecule has 0 radical (unpaired) electrons. The fourth-order valence-electron chi connectivity index (χ4n) is 2.52. The summed E-state index contributed by atoms with van der Waals surface area (Å²) in [7, 11) is 0. The molecule has 1 aliphatic heterocycles. The van der Waals surface area contributed by atoms with Crippen molar-refractivity contribution in [2.45, 2.75) is 6.92 Å². The number of nitrogens with zero attached hydrogens (tertiary/aromatic N) is 2. The molecule has 1 saturated heterocycles. The van der Waals surface area contributed by atoms with Gasteiger partial charge in [-0.05, 0) is 36.8 Å². The van der Waals surface area contributed by atoms with Crippen molar-refractivity contribution in [3.8, 4) is 0 Å². The zero-order valence-corrected chi connectivity index (χ0v) is 13.5. The molecule has 6 nitrogen and oxygen atoms in total. The summed E-state index contributed by atoms with van der Waals surface area (Å²) >= 11 is 0. The van der Waals surface area contributed by atoms with E-state index in [1.165, 1.54) is 17.0 Å². The van der Waals surface area contributed by atoms with Gasteiger partial charge in [-0.15, -0.1) is 0 Å². The summed E-state index contributed by atoms with van der Waals surface area (Å²) in [5.74, 6) is -1.47. The number of hydrogen-bond donors (Lipinski definition) is 1. The normalized spacial score (nSPS) is 14.2. The Bertz CT molecular complexity index is 839. The van der Waals surface area contributed by atoms with Crippen LogP contribution in [0.15, 0.2) is 48.5 Å². The van der Waals surface area contributed by atoms with Gasteiger partial charge in [0.15, 0.2) is 0 Å². The van der Waals surface area contributed by atoms with Gasteiger partial charge in [-0.3, -0.25) is 19.4 Å². The molecule has 1 N–H and O–H groups in total. The molecule has 7 heteroatoms. The third-order valence-corrected chi connectivity index (χ3v) is 3.88. The number of urea groups is 1. The monoisotopic (exact) mass is 341 g/mol. The number of anilines is 2. The molecule has 25 heavy (non-hydrogen) atoms. The van der Waals surface area contributed by atoms with Crippen molar-refractivity contribution < 1.29 is 18.8 Å². The lowest BCUT2D eigenvalue weighted by atomic mass is 10.2. The fourth-order valence-corrected chi connectivity index (χ4v) is 2.52. The van der Waals surface area contributed by atoms with E-state index in [9.17, 15) is 18.8 Å². The Balaban J connectivity index is 1.67. The summed E-state index contributed by atoms with van der Waals surface area (Å²) < 4.78 is 13.5. The molecule has 0 spiro atoms. The van der Waals surface area contributed by atoms with Crippen LogP contribution < -0.4 is 10.2 Å². The van der Waals surface area contributed by atoms with Gasteiger partial charge in [-0.25, -0.2) is 9.18 Å². The highest BCUT2D eigenvalue weighted by Gasteiger charge is 2.37. The molecule has 1 fully saturated rings. The zero-order valence-electron chi connectivity index (χ0n) is 13.5. The highest BCUT2D eigenvalue weighted by atomic mass is 19.1. The first-order valence-corrected chi connectivity index (χ1v) is 7.68. The van der Waals surface area contributed by atoms with Crippen molar-refractivity contribution in [3.63, 3.8) is 0 Å². The van der Waals surface area contributed by atoms with Gasteiger partial charge >= 0.3 is 6.03 Å². The molecule has 4 amide bonds. The first kappa shape index (κ1) is 16.6. The zero-order chi connectivity index (χ0) is 18.0. The summed E-state index contributed by atoms with van der Waals surface area (Å²) in [5, 5.41) is 2.49. The number of para-hydroxylation sites is 1. The minimum absolute atomic E-state index is 0.116. The van der Waals surface area contributed by atoms with Gasteiger partial charge in [-0.1, -0.05) is 24.3 Å². The molecule has 128 valence electrons. The maximum Gasteiger partial charge on any atom is 0.332 e. The van der Waals surface area contributed by atoms with Gasteiger partial charge in [0, 0.05) is 11.4 Å². The van der Waals surface area contributed by atoms with Gasteiger partial charge in [0.05, 0.1) is 0 Å². The molecule has 1 aliphatic rings. The van der Waals surface area contributed by atoms with Gasteiger partial charge in [-0.2, -0.15) is 0 Å². The van der Waals surface area contributed by atoms with Crippen LogP contribution >= 0.6 is 0 Å². The number of carbonyl (C=O) groups is 3. The van der Waals surface area contributed by atoms with Crippen LogP contribution in [0.25, 0.3) is 0 Å². The highest BCUT2D eigenvalue weighted by Crippen LogP contribution is 2.20. The molecule has 2 aromatic carbocycles. The second-order valence-electron chi connectivity index (χ2n) is 5.70. The number of amides is 4. The van der Waals surface area contributed by atoms with Crippen LogP contribution in [0.5, 0.6) is 0 Å². The lowest BCUT2D eigenvalue weighted by molar-refractivity contribution is -0.128. The summed E-state index contributed by atoms with van der Waals surface area (Å²) in [6.07, 6.45) is 0. The van der Waals surface area contributed by atoms with E-state index >= 15 is 0 Å². The average molecular weight is 341 g/mol. The highest BCUT2D eigenvalue weighted by molar-refractivity contribution is 6.14. The predicted molar refractivity (Wildman–Crippen MR) is 90.7 cm³/mol. The second-order valence-corrected chi connectivity index (χ2v) is 5.70. The van der Waals surface area contributed by atoms with Crippen LogP contribution in [0.2, 0.25) is 0 Å². The van der Waals surface area contributed by atoms with Crippen LogP contribution in [0.3, 0.4) is 0 Å². The maximum absolute atomic E-state index is 13.5. The predicted octanol–water partition coefficient (Wildman–Crippen LogP) is 2.54. The topological polar surface area (TPSA) is 69.7 Å². The SMILES string of the molecule is Cc1ccc(NC(=O)CN2C(=O)CN(c3ccccc3)C2=O)cc1F. The Labute approximate surface area is 143 Å². The van der Waals surface area contributed by atoms with Crippen molar-refractivity contribution in [2.24, 2.45) is 0 Å². The molecule has 0 atom stereocenters. The summed E-state index contributed by atoms with van der Waals surface area (Å²) in [4.78, 5) is 38.8. The third-order valence-electron chi connectivity index (χ3n) is 3.88. The molecule has 1 heterocycles. The van der Waals surface area contributed by atoms with Crippen molar-refractivity contribution in [1.29, 1.82) is 0 Å². The third kappa shape index (κ3) is 3.50. The Hall–Kier alpha value is -3.22. The lowest BCUT2D eigenvalue weighted by Crippen LogP contribution is -2.39. The second kappa shape index (κ2) is 6.72. The number of rotatable bonds is 4. The first-order valence-electron chi connectivity index (χ1n) is 7.68. The van der Waals surface area contributed by atoms with Crippen LogP contribution in [-0.4, -0.2) is 35.8 Å². The molecule has 0 unspecified atom stereocenters. The standard InChI is InChI=1S/C18H16FN3O3/c1-12-7-8-13(9-15(12)19)20-16(23)10-22-17(24)11-21(18(22)25)14-5-3-2-4-6-14/h2-9H,10-11H2,1H3,(H,20,23). The average Bonchev–Trinajstić information content (AvgIpc) is 2.87. The molecular formula is C18H16FN3O3. The Morgan fingerprint density at radius 1 is 1.16 bits per heavy atom. The number of halogens is 1. The number of aryl methyl sites for hydroxylation is 1. The van der Waals surface area contributed by atoms with E-state index < -0.39 is 30.2 Å². The van der Waals surface area contributed by atoms with Crippen molar-refractivity contribution in [3.05, 3.63) is 59.9 Å². The van der Waals surface area contributed by atoms with E-state index in [0.29, 0.717) is 11.3 Å². The molecule has 2 aromatic rings. The molecule has 0 aliphatic carbocycles. The van der Waals surface area contributed by atoms with Crippen LogP contribution in [0, 0.1) is 12.7 Å². The first-order chi connectivity index (χ1) is 12.0. The van der Waals surface area contributed by atoms with E-state index in [1.54, 1.807) is 43.3 Å². The number of carbonyl (C=O) groups excluding carboxylic acids is 3. The van der Waals surface area contributed by atoms with Gasteiger partial charge in [0.1, 0.15) is 18.9 Å². The van der Waals surface area contributed by atoms with E-state index in [1.807, 2.05) is 0 Å². The van der Waals surface area contributed by atoms with Gasteiger partial charge < -0.3 is 5.32 Å². The Kier molecular flexibility index (Phi) is 4.47. The maximum atomic E-state index is 13.5. The van der Waals surface area contributed by atoms with Crippen molar-refractivity contribution >= 4 is 29.2 Å². The van der Waals surface area contributed by atoms with Crippen LogP contribution in [0.1, 0.15) is 5.56 Å². The number of hydrogen-bond acceptors (Lipinski definition) is 3. The fraction of sp³-hybridized carbons (Fsp3) is 0.167. The van der Waals surface area contributed by atoms with Gasteiger partial charge in [0.25, 0.3) is 5.91 Å². The summed E-state index contributed by atoms with van der Waals surface area (Å²) in [6, 6.07) is 12.5. The van der Waals surface area contributed by atoms with E-state index in [4.69, 9.17) is 0 Å². The summed E-state index contributed by atoms with van der Waals surface area (Å²) in [5.41, 5.74) is 1.32. The molecule has 0 aromatic heterocycles. The van der Waals surface area contributed by atoms with Crippen LogP contribution in [0.4, 0.5) is 20.6 Å². The van der Waals surface area contributed by atoms with E-state index in [2.05, 4.69) is 5.32 Å². The molecule has 0 bridgehead atoms. The quantitative estimate of drug-likeness (QED) is 0.869. The minimum atomic E-state index is -0.570. The Morgan fingerprint density at radius 3 is 2.56 bits per heavy atom. The van der Waals surface area contributed by atoms with Crippen molar-refractivity contribution in [1.82, 2.24) is 4.90 Å². The summed E-state index contributed by atoms with van der Waals surface area (Å²) in [6.45, 7) is 1.08. The molecule has 3 rings (SSSR count). The number of nitrogens with one attached hydrogen (secondary N) is 1. The van der Waals surface area contributed by atoms with E-state index in [0.717, 1.165) is 4.90 Å². The molecule has 0 saturated carbocycles. The number of benzene rings is 2. The largest absolute Gasteiger partial charge is 0.332 e. The van der Waals surface area contributed by atoms with Gasteiger partial charge in [0.2, 0.25) is 5.91 Å². The van der Waals surface area contributed by atoms with Crippen LogP contribution in [-0.2, 0) is 9.59 Å². The minimum Gasteiger partial charge on any atom is -0.324 e. The number of imide groups is 1. The van der Waals surface area contributed by atoms with E-state index in [-0.39, 0.29) is 12.2 Å².